The van der Waals surface area contributed by atoms with Crippen LogP contribution in [-0.2, 0) is 6.54 Å². The molecule has 0 bridgehead atoms. The van der Waals surface area contributed by atoms with Crippen molar-refractivity contribution in [2.45, 2.75) is 44.2 Å². The maximum absolute atomic E-state index is 13.0. The predicted octanol–water partition coefficient (Wildman–Crippen LogP) is 4.10. The molecule has 0 aliphatic carbocycles. The first-order valence-corrected chi connectivity index (χ1v) is 11.9. The second-order valence-electron chi connectivity index (χ2n) is 9.14. The van der Waals surface area contributed by atoms with Gasteiger partial charge >= 0.3 is 0 Å². The average molecular weight is 443 g/mol. The highest BCUT2D eigenvalue weighted by Gasteiger charge is 2.33. The fourth-order valence-electron chi connectivity index (χ4n) is 4.49. The summed E-state index contributed by atoms with van der Waals surface area (Å²) in [6.07, 6.45) is 5.27. The molecule has 2 heterocycles. The van der Waals surface area contributed by atoms with Crippen LogP contribution in [0.2, 0.25) is 0 Å². The van der Waals surface area contributed by atoms with Crippen molar-refractivity contribution in [2.24, 2.45) is 0 Å². The maximum atomic E-state index is 13.0. The van der Waals surface area contributed by atoms with Gasteiger partial charge in [0.25, 0.3) is 0 Å². The van der Waals surface area contributed by atoms with Crippen LogP contribution in [0.1, 0.15) is 37.7 Å². The molecule has 0 amide bonds. The predicted molar refractivity (Wildman–Crippen MR) is 124 cm³/mol. The molecule has 2 fully saturated rings. The van der Waals surface area contributed by atoms with Crippen LogP contribution in [0.15, 0.2) is 48.5 Å². The zero-order chi connectivity index (χ0) is 22.2. The number of benzene rings is 2. The lowest BCUT2D eigenvalue weighted by Crippen LogP contribution is -2.47. The molecule has 5 nitrogen and oxygen atoms in total. The van der Waals surface area contributed by atoms with Gasteiger partial charge in [-0.2, -0.15) is 0 Å². The quantitative estimate of drug-likeness (QED) is 0.634. The highest BCUT2D eigenvalue weighted by atomic mass is 19.1. The summed E-state index contributed by atoms with van der Waals surface area (Å²) in [7, 11) is 0. The van der Waals surface area contributed by atoms with Gasteiger partial charge in [-0.05, 0) is 80.7 Å². The fraction of sp³-hybridized carbons (Fsp3) is 0.538. The Bertz CT molecular complexity index is 831. The third-order valence-corrected chi connectivity index (χ3v) is 6.54. The minimum atomic E-state index is -0.843. The van der Waals surface area contributed by atoms with Crippen LogP contribution in [0.4, 0.5) is 4.39 Å². The molecule has 0 unspecified atom stereocenters. The van der Waals surface area contributed by atoms with Gasteiger partial charge in [-0.3, -0.25) is 9.80 Å². The van der Waals surface area contributed by atoms with Crippen molar-refractivity contribution in [2.75, 3.05) is 45.9 Å². The zero-order valence-corrected chi connectivity index (χ0v) is 18.8. The normalized spacial score (nSPS) is 19.6. The number of likely N-dealkylation sites (tertiary alicyclic amines) is 2. The van der Waals surface area contributed by atoms with Gasteiger partial charge in [-0.1, -0.05) is 18.6 Å². The summed E-state index contributed by atoms with van der Waals surface area (Å²) in [5.41, 5.74) is 0.387. The smallest absolute Gasteiger partial charge is 0.123 e. The molecule has 0 radical (unpaired) electrons. The Labute approximate surface area is 190 Å². The number of hydrogen-bond acceptors (Lipinski definition) is 5. The summed E-state index contributed by atoms with van der Waals surface area (Å²) in [5, 5.41) is 10.9. The van der Waals surface area contributed by atoms with Crippen molar-refractivity contribution >= 4 is 0 Å². The van der Waals surface area contributed by atoms with E-state index in [2.05, 4.69) is 28.0 Å². The number of ether oxygens (including phenoxy) is 2. The highest BCUT2D eigenvalue weighted by Crippen LogP contribution is 2.25. The molecule has 6 heteroatoms. The van der Waals surface area contributed by atoms with E-state index in [1.807, 2.05) is 6.07 Å². The third kappa shape index (κ3) is 6.92. The van der Waals surface area contributed by atoms with E-state index in [-0.39, 0.29) is 12.4 Å². The first kappa shape index (κ1) is 23.0. The van der Waals surface area contributed by atoms with E-state index in [1.54, 1.807) is 12.1 Å². The molecule has 1 N–H and O–H groups in total. The average Bonchev–Trinajstić information content (AvgIpc) is 2.82. The van der Waals surface area contributed by atoms with Gasteiger partial charge in [0, 0.05) is 26.2 Å². The summed E-state index contributed by atoms with van der Waals surface area (Å²) < 4.78 is 24.7. The monoisotopic (exact) mass is 442 g/mol. The van der Waals surface area contributed by atoms with E-state index < -0.39 is 5.60 Å². The van der Waals surface area contributed by atoms with Crippen LogP contribution < -0.4 is 9.47 Å². The van der Waals surface area contributed by atoms with Crippen LogP contribution in [0, 0.1) is 5.82 Å². The molecular weight excluding hydrogens is 407 g/mol. The molecule has 2 aromatic carbocycles. The second-order valence-corrected chi connectivity index (χ2v) is 9.14. The van der Waals surface area contributed by atoms with E-state index >= 15 is 0 Å². The van der Waals surface area contributed by atoms with Gasteiger partial charge in [-0.15, -0.1) is 0 Å². The molecule has 0 spiro atoms. The van der Waals surface area contributed by atoms with Crippen LogP contribution >= 0.6 is 0 Å². The van der Waals surface area contributed by atoms with Crippen LogP contribution in [0.25, 0.3) is 0 Å². The topological polar surface area (TPSA) is 45.2 Å². The summed E-state index contributed by atoms with van der Waals surface area (Å²) in [6, 6.07) is 14.3. The van der Waals surface area contributed by atoms with Crippen LogP contribution in [-0.4, -0.2) is 66.4 Å². The number of nitrogens with zero attached hydrogens (tertiary/aromatic N) is 2. The van der Waals surface area contributed by atoms with Gasteiger partial charge in [0.2, 0.25) is 0 Å². The van der Waals surface area contributed by atoms with E-state index in [0.29, 0.717) is 18.6 Å². The SMILES string of the molecule is OC1(COc2ccc(F)cc2)CCN(Cc2cccc(OCCN3CCCCC3)c2)CC1. The van der Waals surface area contributed by atoms with Crippen molar-refractivity contribution in [3.05, 3.63) is 59.9 Å². The molecule has 0 atom stereocenters. The minimum absolute atomic E-state index is 0.229. The van der Waals surface area contributed by atoms with Crippen molar-refractivity contribution in [1.82, 2.24) is 9.80 Å². The number of halogens is 1. The van der Waals surface area contributed by atoms with Gasteiger partial charge in [0.15, 0.2) is 0 Å². The Kier molecular flexibility index (Phi) is 8.00. The second kappa shape index (κ2) is 11.1. The Morgan fingerprint density at radius 2 is 1.59 bits per heavy atom. The standard InChI is InChI=1S/C26H35FN2O3/c27-23-7-9-24(10-8-23)32-21-26(30)11-15-29(16-12-26)20-22-5-4-6-25(19-22)31-18-17-28-13-2-1-3-14-28/h4-10,19,30H,1-3,11-18,20-21H2. The maximum Gasteiger partial charge on any atom is 0.123 e. The van der Waals surface area contributed by atoms with Gasteiger partial charge in [-0.25, -0.2) is 4.39 Å². The number of hydrogen-bond donors (Lipinski definition) is 1. The van der Waals surface area contributed by atoms with E-state index in [9.17, 15) is 9.50 Å². The van der Waals surface area contributed by atoms with E-state index in [0.717, 1.165) is 38.5 Å². The fourth-order valence-corrected chi connectivity index (χ4v) is 4.49. The molecule has 0 saturated carbocycles. The summed E-state index contributed by atoms with van der Waals surface area (Å²) in [6.45, 7) is 6.81. The first-order chi connectivity index (χ1) is 15.6. The zero-order valence-electron chi connectivity index (χ0n) is 18.8. The summed E-state index contributed by atoms with van der Waals surface area (Å²) in [5.74, 6) is 1.22. The minimum Gasteiger partial charge on any atom is -0.492 e. The van der Waals surface area contributed by atoms with E-state index in [1.165, 1.54) is 50.0 Å². The Hall–Kier alpha value is -2.15. The largest absolute Gasteiger partial charge is 0.492 e. The van der Waals surface area contributed by atoms with Crippen molar-refractivity contribution in [3.8, 4) is 11.5 Å². The lowest BCUT2D eigenvalue weighted by molar-refractivity contribution is -0.0537. The van der Waals surface area contributed by atoms with Gasteiger partial charge < -0.3 is 14.6 Å². The Morgan fingerprint density at radius 3 is 2.34 bits per heavy atom. The Balaban J connectivity index is 1.19. The molecule has 2 aromatic rings. The van der Waals surface area contributed by atoms with Crippen LogP contribution in [0.3, 0.4) is 0 Å². The molecule has 2 saturated heterocycles. The Morgan fingerprint density at radius 1 is 0.844 bits per heavy atom. The van der Waals surface area contributed by atoms with Crippen LogP contribution in [0.5, 0.6) is 11.5 Å². The van der Waals surface area contributed by atoms with Crippen molar-refractivity contribution in [1.29, 1.82) is 0 Å². The summed E-state index contributed by atoms with van der Waals surface area (Å²) >= 11 is 0. The van der Waals surface area contributed by atoms with E-state index in [4.69, 9.17) is 9.47 Å². The molecule has 2 aliphatic rings. The van der Waals surface area contributed by atoms with Crippen molar-refractivity contribution < 1.29 is 19.0 Å². The highest BCUT2D eigenvalue weighted by molar-refractivity contribution is 5.28. The molecule has 2 aliphatic heterocycles. The molecule has 0 aromatic heterocycles. The number of aliphatic hydroxyl groups is 1. The lowest BCUT2D eigenvalue weighted by Gasteiger charge is -2.38. The number of piperidine rings is 2. The molecular formula is C26H35FN2O3. The first-order valence-electron chi connectivity index (χ1n) is 11.9. The molecule has 4 rings (SSSR count). The summed E-state index contributed by atoms with van der Waals surface area (Å²) in [4.78, 5) is 4.85. The molecule has 32 heavy (non-hydrogen) atoms. The van der Waals surface area contributed by atoms with Gasteiger partial charge in [0.1, 0.15) is 36.1 Å². The third-order valence-electron chi connectivity index (χ3n) is 6.54. The molecule has 174 valence electrons. The number of rotatable bonds is 9. The lowest BCUT2D eigenvalue weighted by atomic mass is 9.92. The van der Waals surface area contributed by atoms with Gasteiger partial charge in [0.05, 0.1) is 0 Å². The van der Waals surface area contributed by atoms with Crippen molar-refractivity contribution in [3.63, 3.8) is 0 Å².